The van der Waals surface area contributed by atoms with Gasteiger partial charge in [-0.1, -0.05) is 26.0 Å². The van der Waals surface area contributed by atoms with E-state index in [9.17, 15) is 4.79 Å². The Kier molecular flexibility index (Phi) is 4.65. The SMILES string of the molecule is Cc1nn(-c2ncnc3nc[nH]c23)c2c1[C@H](c1cccc(OCC(C)C)c1)CC(=O)N2. The molecule has 1 amide bonds. The maximum absolute atomic E-state index is 12.7. The number of aromatic amines is 1. The summed E-state index contributed by atoms with van der Waals surface area (Å²) in [5, 5.41) is 7.71. The van der Waals surface area contributed by atoms with E-state index in [1.165, 1.54) is 6.33 Å². The van der Waals surface area contributed by atoms with Gasteiger partial charge in [0, 0.05) is 17.9 Å². The number of nitrogens with one attached hydrogen (secondary N) is 2. The highest BCUT2D eigenvalue weighted by Crippen LogP contribution is 2.41. The lowest BCUT2D eigenvalue weighted by Gasteiger charge is -2.24. The van der Waals surface area contributed by atoms with E-state index in [1.54, 1.807) is 11.0 Å². The first kappa shape index (κ1) is 19.2. The van der Waals surface area contributed by atoms with Crippen molar-refractivity contribution in [3.8, 4) is 11.6 Å². The molecule has 0 saturated carbocycles. The molecule has 9 nitrogen and oxygen atoms in total. The van der Waals surface area contributed by atoms with Crippen molar-refractivity contribution in [1.29, 1.82) is 0 Å². The molecule has 3 aromatic heterocycles. The summed E-state index contributed by atoms with van der Waals surface area (Å²) < 4.78 is 7.57. The van der Waals surface area contributed by atoms with E-state index in [4.69, 9.17) is 9.84 Å². The van der Waals surface area contributed by atoms with Crippen molar-refractivity contribution in [1.82, 2.24) is 29.7 Å². The first-order valence-corrected chi connectivity index (χ1v) is 10.3. The summed E-state index contributed by atoms with van der Waals surface area (Å²) in [7, 11) is 0. The number of imidazole rings is 1. The van der Waals surface area contributed by atoms with Crippen molar-refractivity contribution in [2.75, 3.05) is 11.9 Å². The molecule has 0 bridgehead atoms. The van der Waals surface area contributed by atoms with Crippen LogP contribution in [0, 0.1) is 12.8 Å². The smallest absolute Gasteiger partial charge is 0.226 e. The Morgan fingerprint density at radius 1 is 1.26 bits per heavy atom. The van der Waals surface area contributed by atoms with Gasteiger partial charge in [0.25, 0.3) is 0 Å². The van der Waals surface area contributed by atoms with Crippen LogP contribution in [0.5, 0.6) is 5.75 Å². The van der Waals surface area contributed by atoms with E-state index in [1.807, 2.05) is 31.2 Å². The molecule has 0 spiro atoms. The number of rotatable bonds is 5. The molecule has 4 heterocycles. The van der Waals surface area contributed by atoms with Crippen LogP contribution < -0.4 is 10.1 Å². The number of carbonyl (C=O) groups is 1. The predicted octanol–water partition coefficient (Wildman–Crippen LogP) is 3.36. The van der Waals surface area contributed by atoms with Crippen LogP contribution >= 0.6 is 0 Å². The maximum atomic E-state index is 12.7. The van der Waals surface area contributed by atoms with E-state index in [0.717, 1.165) is 22.6 Å². The van der Waals surface area contributed by atoms with Crippen molar-refractivity contribution >= 4 is 22.9 Å². The second kappa shape index (κ2) is 7.50. The number of hydrogen-bond donors (Lipinski definition) is 2. The van der Waals surface area contributed by atoms with Gasteiger partial charge in [0.2, 0.25) is 5.91 Å². The van der Waals surface area contributed by atoms with Crippen LogP contribution in [0.4, 0.5) is 5.82 Å². The number of benzene rings is 1. The lowest BCUT2D eigenvalue weighted by Crippen LogP contribution is -2.25. The summed E-state index contributed by atoms with van der Waals surface area (Å²) in [6.45, 7) is 6.82. The number of anilines is 1. The molecule has 1 atom stereocenters. The van der Waals surface area contributed by atoms with Gasteiger partial charge in [0.1, 0.15) is 23.4 Å². The molecule has 1 aliphatic heterocycles. The number of fused-ring (bicyclic) bond motifs is 2. The average molecular weight is 417 g/mol. The average Bonchev–Trinajstić information content (AvgIpc) is 3.36. The molecule has 1 aliphatic rings. The minimum Gasteiger partial charge on any atom is -0.493 e. The first-order valence-electron chi connectivity index (χ1n) is 10.3. The second-order valence-corrected chi connectivity index (χ2v) is 8.14. The molecule has 5 rings (SSSR count). The van der Waals surface area contributed by atoms with E-state index in [0.29, 0.717) is 41.7 Å². The minimum absolute atomic E-state index is 0.0675. The highest BCUT2D eigenvalue weighted by molar-refractivity contribution is 5.95. The van der Waals surface area contributed by atoms with Crippen molar-refractivity contribution < 1.29 is 9.53 Å². The third-order valence-corrected chi connectivity index (χ3v) is 5.35. The molecule has 9 heteroatoms. The third-order valence-electron chi connectivity index (χ3n) is 5.35. The zero-order valence-corrected chi connectivity index (χ0v) is 17.6. The molecule has 0 fully saturated rings. The van der Waals surface area contributed by atoms with Gasteiger partial charge in [-0.2, -0.15) is 9.78 Å². The number of amides is 1. The van der Waals surface area contributed by atoms with Crippen molar-refractivity contribution in [3.63, 3.8) is 0 Å². The van der Waals surface area contributed by atoms with Crippen LogP contribution in [0.2, 0.25) is 0 Å². The van der Waals surface area contributed by atoms with Crippen LogP contribution in [0.15, 0.2) is 36.9 Å². The Hall–Kier alpha value is -3.75. The normalized spacial score (nSPS) is 15.9. The summed E-state index contributed by atoms with van der Waals surface area (Å²) in [6, 6.07) is 7.96. The van der Waals surface area contributed by atoms with Crippen LogP contribution in [-0.4, -0.2) is 42.2 Å². The summed E-state index contributed by atoms with van der Waals surface area (Å²) in [4.78, 5) is 28.5. The molecule has 0 aliphatic carbocycles. The maximum Gasteiger partial charge on any atom is 0.226 e. The largest absolute Gasteiger partial charge is 0.493 e. The molecule has 2 N–H and O–H groups in total. The first-order chi connectivity index (χ1) is 15.0. The highest BCUT2D eigenvalue weighted by atomic mass is 16.5. The fourth-order valence-electron chi connectivity index (χ4n) is 3.98. The lowest BCUT2D eigenvalue weighted by atomic mass is 9.86. The zero-order chi connectivity index (χ0) is 21.5. The van der Waals surface area contributed by atoms with Gasteiger partial charge in [-0.05, 0) is 30.5 Å². The molecule has 0 saturated heterocycles. The molecule has 0 unspecified atom stereocenters. The van der Waals surface area contributed by atoms with Gasteiger partial charge in [-0.25, -0.2) is 15.0 Å². The van der Waals surface area contributed by atoms with E-state index in [-0.39, 0.29) is 11.8 Å². The minimum atomic E-state index is -0.126. The summed E-state index contributed by atoms with van der Waals surface area (Å²) in [5.41, 5.74) is 4.04. The molecular formula is C22H23N7O2. The topological polar surface area (TPSA) is 111 Å². The molecular weight excluding hydrogens is 394 g/mol. The number of ether oxygens (including phenoxy) is 1. The number of aromatic nitrogens is 6. The number of aryl methyl sites for hydroxylation is 1. The monoisotopic (exact) mass is 417 g/mol. The van der Waals surface area contributed by atoms with Crippen LogP contribution in [0.25, 0.3) is 17.0 Å². The molecule has 1 aromatic carbocycles. The highest BCUT2D eigenvalue weighted by Gasteiger charge is 2.33. The Labute approximate surface area is 178 Å². The van der Waals surface area contributed by atoms with Gasteiger partial charge in [-0.3, -0.25) is 4.79 Å². The van der Waals surface area contributed by atoms with Gasteiger partial charge >= 0.3 is 0 Å². The number of nitrogens with zero attached hydrogens (tertiary/aromatic N) is 5. The predicted molar refractivity (Wildman–Crippen MR) is 115 cm³/mol. The van der Waals surface area contributed by atoms with Crippen LogP contribution in [0.3, 0.4) is 0 Å². The Morgan fingerprint density at radius 2 is 2.13 bits per heavy atom. The Balaban J connectivity index is 1.60. The lowest BCUT2D eigenvalue weighted by molar-refractivity contribution is -0.116. The van der Waals surface area contributed by atoms with Crippen molar-refractivity contribution in [2.24, 2.45) is 5.92 Å². The van der Waals surface area contributed by atoms with Gasteiger partial charge < -0.3 is 15.0 Å². The number of H-pyrrole nitrogens is 1. The zero-order valence-electron chi connectivity index (χ0n) is 17.6. The molecule has 0 radical (unpaired) electrons. The van der Waals surface area contributed by atoms with E-state index < -0.39 is 0 Å². The number of carbonyl (C=O) groups excluding carboxylic acids is 1. The van der Waals surface area contributed by atoms with Gasteiger partial charge in [0.15, 0.2) is 11.5 Å². The second-order valence-electron chi connectivity index (χ2n) is 8.14. The Morgan fingerprint density at radius 3 is 2.97 bits per heavy atom. The fraction of sp³-hybridized carbons (Fsp3) is 0.318. The summed E-state index contributed by atoms with van der Waals surface area (Å²) in [5.74, 6) is 2.21. The molecule has 31 heavy (non-hydrogen) atoms. The van der Waals surface area contributed by atoms with E-state index in [2.05, 4.69) is 39.1 Å². The molecule has 158 valence electrons. The van der Waals surface area contributed by atoms with Crippen LogP contribution in [-0.2, 0) is 4.79 Å². The van der Waals surface area contributed by atoms with Crippen molar-refractivity contribution in [2.45, 2.75) is 33.1 Å². The quantitative estimate of drug-likeness (QED) is 0.515. The standard InChI is InChI=1S/C22H23N7O2/c1-12(2)9-31-15-6-4-5-14(7-15)16-8-17(30)27-21-18(16)13(3)28-29(21)22-19-20(24-10-23-19)25-11-26-22/h4-7,10-12,16H,8-9H2,1-3H3,(H,27,30)(H,23,24,25,26)/t16-/m0/s1. The third kappa shape index (κ3) is 3.41. The fourth-order valence-corrected chi connectivity index (χ4v) is 3.98. The summed E-state index contributed by atoms with van der Waals surface area (Å²) >= 11 is 0. The van der Waals surface area contributed by atoms with Crippen LogP contribution in [0.1, 0.15) is 43.0 Å². The summed E-state index contributed by atoms with van der Waals surface area (Å²) in [6.07, 6.45) is 3.35. The van der Waals surface area contributed by atoms with Gasteiger partial charge in [0.05, 0.1) is 18.6 Å². The van der Waals surface area contributed by atoms with E-state index >= 15 is 0 Å². The number of hydrogen-bond acceptors (Lipinski definition) is 6. The Bertz CT molecular complexity index is 1270. The van der Waals surface area contributed by atoms with Crippen molar-refractivity contribution in [3.05, 3.63) is 53.7 Å². The molecule has 4 aromatic rings. The van der Waals surface area contributed by atoms with Gasteiger partial charge in [-0.15, -0.1) is 0 Å².